The minimum Gasteiger partial charge on any atom is -0.493 e. The highest BCUT2D eigenvalue weighted by Crippen LogP contribution is 2.19. The number of para-hydroxylation sites is 1. The molecule has 1 aromatic heterocycles. The van der Waals surface area contributed by atoms with Crippen molar-refractivity contribution in [3.05, 3.63) is 53.7 Å². The highest BCUT2D eigenvalue weighted by molar-refractivity contribution is 7.80. The molecule has 0 bridgehead atoms. The molecule has 1 aromatic carbocycles. The molecule has 2 N–H and O–H groups in total. The molecular weight excluding hydrogens is 318 g/mol. The van der Waals surface area contributed by atoms with Gasteiger partial charge in [-0.1, -0.05) is 31.2 Å². The van der Waals surface area contributed by atoms with Gasteiger partial charge in [-0.25, -0.2) is 4.98 Å². The predicted molar refractivity (Wildman–Crippen MR) is 104 cm³/mol. The molecule has 0 atom stereocenters. The average molecular weight is 343 g/mol. The van der Waals surface area contributed by atoms with Crippen molar-refractivity contribution in [2.75, 3.05) is 18.5 Å². The van der Waals surface area contributed by atoms with Gasteiger partial charge in [0.05, 0.1) is 6.61 Å². The second kappa shape index (κ2) is 9.88. The van der Waals surface area contributed by atoms with Crippen LogP contribution >= 0.6 is 12.2 Å². The minimum absolute atomic E-state index is 0.601. The highest BCUT2D eigenvalue weighted by atomic mass is 32.1. The molecule has 0 amide bonds. The first kappa shape index (κ1) is 18.2. The molecule has 128 valence electrons. The standard InChI is InChI=1S/C19H25N3OS/c1-3-14-23-17-11-5-4-9-16(17)10-7-13-20-19(24)22-18-12-6-8-15(2)21-18/h4-6,8-9,11-12H,3,7,10,13-14H2,1-2H3,(H2,20,21,22,24). The normalized spacial score (nSPS) is 10.2. The zero-order chi connectivity index (χ0) is 17.2. The fourth-order valence-corrected chi connectivity index (χ4v) is 2.52. The van der Waals surface area contributed by atoms with E-state index in [1.807, 2.05) is 37.3 Å². The third-order valence-corrected chi connectivity index (χ3v) is 3.72. The van der Waals surface area contributed by atoms with Crippen LogP contribution in [-0.2, 0) is 6.42 Å². The van der Waals surface area contributed by atoms with Crippen LogP contribution in [0.1, 0.15) is 31.0 Å². The second-order valence-electron chi connectivity index (χ2n) is 5.60. The van der Waals surface area contributed by atoms with Gasteiger partial charge in [0.25, 0.3) is 0 Å². The summed E-state index contributed by atoms with van der Waals surface area (Å²) in [6.07, 6.45) is 2.95. The Labute approximate surface area is 149 Å². The van der Waals surface area contributed by atoms with Crippen LogP contribution in [0.5, 0.6) is 5.75 Å². The maximum atomic E-state index is 5.79. The molecule has 0 aliphatic rings. The van der Waals surface area contributed by atoms with Crippen molar-refractivity contribution < 1.29 is 4.74 Å². The molecule has 0 spiro atoms. The van der Waals surface area contributed by atoms with E-state index in [4.69, 9.17) is 17.0 Å². The number of aromatic nitrogens is 1. The van der Waals surface area contributed by atoms with Crippen LogP contribution in [0, 0.1) is 6.92 Å². The van der Waals surface area contributed by atoms with Crippen molar-refractivity contribution in [3.8, 4) is 5.75 Å². The van der Waals surface area contributed by atoms with Gasteiger partial charge in [0.1, 0.15) is 11.6 Å². The quantitative estimate of drug-likeness (QED) is 0.558. The van der Waals surface area contributed by atoms with Crippen molar-refractivity contribution in [3.63, 3.8) is 0 Å². The molecule has 24 heavy (non-hydrogen) atoms. The maximum Gasteiger partial charge on any atom is 0.171 e. The molecular formula is C19H25N3OS. The number of hydrogen-bond acceptors (Lipinski definition) is 3. The van der Waals surface area contributed by atoms with Crippen molar-refractivity contribution in [1.29, 1.82) is 0 Å². The van der Waals surface area contributed by atoms with Crippen LogP contribution in [0.2, 0.25) is 0 Å². The lowest BCUT2D eigenvalue weighted by atomic mass is 10.1. The molecule has 0 aliphatic heterocycles. The zero-order valence-corrected chi connectivity index (χ0v) is 15.2. The molecule has 1 heterocycles. The third kappa shape index (κ3) is 6.16. The fourth-order valence-electron chi connectivity index (χ4n) is 2.32. The summed E-state index contributed by atoms with van der Waals surface area (Å²) in [6, 6.07) is 14.0. The Morgan fingerprint density at radius 3 is 2.79 bits per heavy atom. The number of anilines is 1. The van der Waals surface area contributed by atoms with Gasteiger partial charge >= 0.3 is 0 Å². The Hall–Kier alpha value is -2.14. The molecule has 0 aliphatic carbocycles. The minimum atomic E-state index is 0.601. The van der Waals surface area contributed by atoms with E-state index in [-0.39, 0.29) is 0 Å². The van der Waals surface area contributed by atoms with Crippen molar-refractivity contribution >= 4 is 23.1 Å². The summed E-state index contributed by atoms with van der Waals surface area (Å²) >= 11 is 5.31. The van der Waals surface area contributed by atoms with Gasteiger partial charge in [-0.05, 0) is 62.2 Å². The third-order valence-electron chi connectivity index (χ3n) is 3.47. The van der Waals surface area contributed by atoms with E-state index in [0.29, 0.717) is 5.11 Å². The van der Waals surface area contributed by atoms with E-state index >= 15 is 0 Å². The van der Waals surface area contributed by atoms with Crippen molar-refractivity contribution in [2.24, 2.45) is 0 Å². The summed E-state index contributed by atoms with van der Waals surface area (Å²) in [4.78, 5) is 4.37. The number of pyridine rings is 1. The summed E-state index contributed by atoms with van der Waals surface area (Å²) in [5.41, 5.74) is 2.21. The largest absolute Gasteiger partial charge is 0.493 e. The monoisotopic (exact) mass is 343 g/mol. The summed E-state index contributed by atoms with van der Waals surface area (Å²) < 4.78 is 5.79. The van der Waals surface area contributed by atoms with Gasteiger partial charge < -0.3 is 15.4 Å². The van der Waals surface area contributed by atoms with Gasteiger partial charge in [0.15, 0.2) is 5.11 Å². The number of nitrogens with one attached hydrogen (secondary N) is 2. The highest BCUT2D eigenvalue weighted by Gasteiger charge is 2.03. The number of ether oxygens (including phenoxy) is 1. The number of aryl methyl sites for hydroxylation is 2. The van der Waals surface area contributed by atoms with Crippen LogP contribution in [0.25, 0.3) is 0 Å². The number of thiocarbonyl (C=S) groups is 1. The number of rotatable bonds is 8. The van der Waals surface area contributed by atoms with Gasteiger partial charge in [-0.15, -0.1) is 0 Å². The maximum absolute atomic E-state index is 5.79. The van der Waals surface area contributed by atoms with Crippen LogP contribution in [0.4, 0.5) is 5.82 Å². The van der Waals surface area contributed by atoms with E-state index in [9.17, 15) is 0 Å². The molecule has 0 fully saturated rings. The summed E-state index contributed by atoms with van der Waals surface area (Å²) in [7, 11) is 0. The van der Waals surface area contributed by atoms with Crippen LogP contribution in [0.3, 0.4) is 0 Å². The van der Waals surface area contributed by atoms with Gasteiger partial charge in [-0.3, -0.25) is 0 Å². The Morgan fingerprint density at radius 2 is 2.00 bits per heavy atom. The molecule has 4 nitrogen and oxygen atoms in total. The first-order valence-electron chi connectivity index (χ1n) is 8.38. The van der Waals surface area contributed by atoms with Gasteiger partial charge in [-0.2, -0.15) is 0 Å². The molecule has 0 saturated heterocycles. The van der Waals surface area contributed by atoms with Crippen LogP contribution < -0.4 is 15.4 Å². The Balaban J connectivity index is 1.74. The molecule has 0 saturated carbocycles. The number of nitrogens with zero attached hydrogens (tertiary/aromatic N) is 1. The topological polar surface area (TPSA) is 46.2 Å². The van der Waals surface area contributed by atoms with Crippen molar-refractivity contribution in [1.82, 2.24) is 10.3 Å². The molecule has 0 unspecified atom stereocenters. The second-order valence-corrected chi connectivity index (χ2v) is 6.01. The summed E-state index contributed by atoms with van der Waals surface area (Å²) in [6.45, 7) is 5.63. The summed E-state index contributed by atoms with van der Waals surface area (Å²) in [5.74, 6) is 1.76. The fraction of sp³-hybridized carbons (Fsp3) is 0.368. The lowest BCUT2D eigenvalue weighted by molar-refractivity contribution is 0.314. The average Bonchev–Trinajstić information content (AvgIpc) is 2.58. The smallest absolute Gasteiger partial charge is 0.171 e. The Morgan fingerprint density at radius 1 is 1.17 bits per heavy atom. The molecule has 5 heteroatoms. The van der Waals surface area contributed by atoms with E-state index in [2.05, 4.69) is 34.7 Å². The van der Waals surface area contributed by atoms with Crippen LogP contribution in [-0.4, -0.2) is 23.2 Å². The first-order valence-corrected chi connectivity index (χ1v) is 8.79. The summed E-state index contributed by atoms with van der Waals surface area (Å²) in [5, 5.41) is 6.93. The van der Waals surface area contributed by atoms with Crippen molar-refractivity contribution in [2.45, 2.75) is 33.1 Å². The molecule has 2 aromatic rings. The van der Waals surface area contributed by atoms with E-state index in [1.54, 1.807) is 0 Å². The van der Waals surface area contributed by atoms with E-state index in [0.717, 1.165) is 49.7 Å². The lowest BCUT2D eigenvalue weighted by Gasteiger charge is -2.12. The Bertz CT molecular complexity index is 661. The molecule has 2 rings (SSSR count). The number of hydrogen-bond donors (Lipinski definition) is 2. The van der Waals surface area contributed by atoms with Gasteiger partial charge in [0, 0.05) is 12.2 Å². The molecule has 0 radical (unpaired) electrons. The SMILES string of the molecule is CCCOc1ccccc1CCCNC(=S)Nc1cccc(C)n1. The predicted octanol–water partition coefficient (Wildman–Crippen LogP) is 4.10. The van der Waals surface area contributed by atoms with E-state index < -0.39 is 0 Å². The first-order chi connectivity index (χ1) is 11.7. The van der Waals surface area contributed by atoms with Crippen LogP contribution in [0.15, 0.2) is 42.5 Å². The zero-order valence-electron chi connectivity index (χ0n) is 14.3. The van der Waals surface area contributed by atoms with Gasteiger partial charge in [0.2, 0.25) is 0 Å². The Kier molecular flexibility index (Phi) is 7.49. The van der Waals surface area contributed by atoms with E-state index in [1.165, 1.54) is 5.56 Å². The lowest BCUT2D eigenvalue weighted by Crippen LogP contribution is -2.29. The number of benzene rings is 1.